The van der Waals surface area contributed by atoms with Crippen LogP contribution < -0.4 is 22.3 Å². The average molecular weight is 246 g/mol. The molecular formula is C11H20BrN. The lowest BCUT2D eigenvalue weighted by Gasteiger charge is -2.35. The van der Waals surface area contributed by atoms with Crippen LogP contribution in [0.4, 0.5) is 0 Å². The van der Waals surface area contributed by atoms with Crippen LogP contribution in [0.2, 0.25) is 0 Å². The fraction of sp³-hybridized carbons (Fsp3) is 0.818. The number of rotatable bonds is 2. The third-order valence-corrected chi connectivity index (χ3v) is 3.85. The molecular weight excluding hydrogens is 226 g/mol. The molecule has 2 fully saturated rings. The predicted molar refractivity (Wildman–Crippen MR) is 50.9 cm³/mol. The molecule has 1 saturated carbocycles. The van der Waals surface area contributed by atoms with E-state index in [-0.39, 0.29) is 17.0 Å². The quantitative estimate of drug-likeness (QED) is 0.569. The minimum Gasteiger partial charge on any atom is -1.00 e. The molecule has 2 atom stereocenters. The Hall–Kier alpha value is 0.180. The summed E-state index contributed by atoms with van der Waals surface area (Å²) in [6, 6.07) is 0. The molecule has 1 aliphatic heterocycles. The minimum absolute atomic E-state index is 0. The smallest absolute Gasteiger partial charge is 0.103 e. The molecule has 1 aliphatic carbocycles. The SMILES string of the molecule is C=CC[C@@]12CCCC[C@@H]1CC[NH2+]2.[Br-]. The fourth-order valence-electron chi connectivity index (χ4n) is 3.23. The summed E-state index contributed by atoms with van der Waals surface area (Å²) in [6.07, 6.45) is 10.6. The highest BCUT2D eigenvalue weighted by molar-refractivity contribution is 4.96. The van der Waals surface area contributed by atoms with Crippen molar-refractivity contribution in [3.05, 3.63) is 12.7 Å². The minimum atomic E-state index is 0. The van der Waals surface area contributed by atoms with E-state index in [0.29, 0.717) is 5.54 Å². The Labute approximate surface area is 91.7 Å². The van der Waals surface area contributed by atoms with Crippen molar-refractivity contribution in [3.63, 3.8) is 0 Å². The molecule has 0 aromatic heterocycles. The van der Waals surface area contributed by atoms with Gasteiger partial charge in [0, 0.05) is 25.2 Å². The van der Waals surface area contributed by atoms with Crippen molar-refractivity contribution in [2.75, 3.05) is 6.54 Å². The molecule has 0 radical (unpaired) electrons. The van der Waals surface area contributed by atoms with Gasteiger partial charge in [-0.15, -0.1) is 6.58 Å². The van der Waals surface area contributed by atoms with Crippen LogP contribution in [0.1, 0.15) is 38.5 Å². The van der Waals surface area contributed by atoms with Gasteiger partial charge in [-0.1, -0.05) is 12.5 Å². The zero-order chi connectivity index (χ0) is 8.44. The van der Waals surface area contributed by atoms with Crippen LogP contribution in [-0.4, -0.2) is 12.1 Å². The maximum absolute atomic E-state index is 3.89. The zero-order valence-corrected chi connectivity index (χ0v) is 9.85. The van der Waals surface area contributed by atoms with E-state index >= 15 is 0 Å². The van der Waals surface area contributed by atoms with Crippen molar-refractivity contribution < 1.29 is 22.3 Å². The van der Waals surface area contributed by atoms with Gasteiger partial charge in [0.1, 0.15) is 5.54 Å². The van der Waals surface area contributed by atoms with Gasteiger partial charge in [-0.05, 0) is 12.8 Å². The van der Waals surface area contributed by atoms with Crippen molar-refractivity contribution in [2.45, 2.75) is 44.1 Å². The van der Waals surface area contributed by atoms with E-state index in [1.54, 1.807) is 0 Å². The third kappa shape index (κ3) is 1.99. The van der Waals surface area contributed by atoms with E-state index in [0.717, 1.165) is 5.92 Å². The summed E-state index contributed by atoms with van der Waals surface area (Å²) in [6.45, 7) is 5.25. The maximum atomic E-state index is 3.89. The van der Waals surface area contributed by atoms with Gasteiger partial charge in [-0.2, -0.15) is 0 Å². The second kappa shape index (κ2) is 4.61. The molecule has 0 amide bonds. The highest BCUT2D eigenvalue weighted by Crippen LogP contribution is 2.37. The van der Waals surface area contributed by atoms with Crippen molar-refractivity contribution in [1.82, 2.24) is 0 Å². The first-order chi connectivity index (χ1) is 5.87. The van der Waals surface area contributed by atoms with Gasteiger partial charge >= 0.3 is 0 Å². The van der Waals surface area contributed by atoms with Crippen LogP contribution in [0.25, 0.3) is 0 Å². The summed E-state index contributed by atoms with van der Waals surface area (Å²) in [5.41, 5.74) is 0.597. The highest BCUT2D eigenvalue weighted by atomic mass is 79.9. The molecule has 1 heterocycles. The largest absolute Gasteiger partial charge is 1.00 e. The summed E-state index contributed by atoms with van der Waals surface area (Å²) < 4.78 is 0. The molecule has 0 unspecified atom stereocenters. The summed E-state index contributed by atoms with van der Waals surface area (Å²) in [7, 11) is 0. The summed E-state index contributed by atoms with van der Waals surface area (Å²) in [4.78, 5) is 0. The van der Waals surface area contributed by atoms with Gasteiger partial charge in [-0.25, -0.2) is 0 Å². The lowest BCUT2D eigenvalue weighted by molar-refractivity contribution is -0.713. The molecule has 13 heavy (non-hydrogen) atoms. The Balaban J connectivity index is 0.000000845. The second-order valence-electron chi connectivity index (χ2n) is 4.45. The molecule has 1 saturated heterocycles. The van der Waals surface area contributed by atoms with Crippen molar-refractivity contribution in [1.29, 1.82) is 0 Å². The molecule has 0 bridgehead atoms. The Morgan fingerprint density at radius 2 is 2.23 bits per heavy atom. The summed E-state index contributed by atoms with van der Waals surface area (Å²) in [5.74, 6) is 1.00. The Bertz CT molecular complexity index is 181. The Morgan fingerprint density at radius 3 is 3.00 bits per heavy atom. The standard InChI is InChI=1S/C11H19N.BrH/c1-2-7-11-8-4-3-5-10(11)6-9-12-11;/h2,10,12H,1,3-9H2;1H/t10-,11-;/m1./s1. The number of hydrogen-bond acceptors (Lipinski definition) is 0. The Morgan fingerprint density at radius 1 is 1.38 bits per heavy atom. The molecule has 2 rings (SSSR count). The fourth-order valence-corrected chi connectivity index (χ4v) is 3.23. The van der Waals surface area contributed by atoms with Crippen LogP contribution in [0.5, 0.6) is 0 Å². The van der Waals surface area contributed by atoms with Crippen molar-refractivity contribution in [3.8, 4) is 0 Å². The van der Waals surface area contributed by atoms with Gasteiger partial charge in [0.05, 0.1) is 6.54 Å². The predicted octanol–water partition coefficient (Wildman–Crippen LogP) is -1.54. The zero-order valence-electron chi connectivity index (χ0n) is 8.27. The number of fused-ring (bicyclic) bond motifs is 1. The molecule has 76 valence electrons. The summed E-state index contributed by atoms with van der Waals surface area (Å²) in [5, 5.41) is 2.60. The number of quaternary nitrogens is 1. The molecule has 2 N–H and O–H groups in total. The molecule has 0 aromatic carbocycles. The van der Waals surface area contributed by atoms with Gasteiger partial charge in [0.25, 0.3) is 0 Å². The monoisotopic (exact) mass is 245 g/mol. The van der Waals surface area contributed by atoms with E-state index in [1.807, 2.05) is 0 Å². The first-order valence-electron chi connectivity index (χ1n) is 5.33. The van der Waals surface area contributed by atoms with Crippen LogP contribution >= 0.6 is 0 Å². The lowest BCUT2D eigenvalue weighted by atomic mass is 9.72. The van der Waals surface area contributed by atoms with Gasteiger partial charge in [-0.3, -0.25) is 0 Å². The maximum Gasteiger partial charge on any atom is 0.103 e. The van der Waals surface area contributed by atoms with E-state index in [4.69, 9.17) is 0 Å². The van der Waals surface area contributed by atoms with Gasteiger partial charge in [0.15, 0.2) is 0 Å². The van der Waals surface area contributed by atoms with Crippen LogP contribution in [0.3, 0.4) is 0 Å². The van der Waals surface area contributed by atoms with Crippen molar-refractivity contribution >= 4 is 0 Å². The first-order valence-corrected chi connectivity index (χ1v) is 5.33. The van der Waals surface area contributed by atoms with E-state index < -0.39 is 0 Å². The Kier molecular flexibility index (Phi) is 3.99. The highest BCUT2D eigenvalue weighted by Gasteiger charge is 2.46. The molecule has 1 nitrogen and oxygen atoms in total. The van der Waals surface area contributed by atoms with Crippen LogP contribution in [-0.2, 0) is 0 Å². The topological polar surface area (TPSA) is 16.6 Å². The summed E-state index contributed by atoms with van der Waals surface area (Å²) >= 11 is 0. The molecule has 0 aromatic rings. The molecule has 0 spiro atoms. The second-order valence-corrected chi connectivity index (χ2v) is 4.45. The van der Waals surface area contributed by atoms with E-state index in [9.17, 15) is 0 Å². The first kappa shape index (κ1) is 11.3. The third-order valence-electron chi connectivity index (χ3n) is 3.85. The van der Waals surface area contributed by atoms with Crippen LogP contribution in [0.15, 0.2) is 12.7 Å². The van der Waals surface area contributed by atoms with Crippen molar-refractivity contribution in [2.24, 2.45) is 5.92 Å². The van der Waals surface area contributed by atoms with Gasteiger partial charge in [0.2, 0.25) is 0 Å². The number of hydrogen-bond donors (Lipinski definition) is 1. The van der Waals surface area contributed by atoms with Gasteiger partial charge < -0.3 is 22.3 Å². The van der Waals surface area contributed by atoms with Crippen LogP contribution in [0, 0.1) is 5.92 Å². The normalized spacial score (nSPS) is 37.7. The number of nitrogens with two attached hydrogens (primary N) is 1. The molecule has 2 aliphatic rings. The van der Waals surface area contributed by atoms with E-state index in [2.05, 4.69) is 18.0 Å². The molecule has 2 heteroatoms. The number of halogens is 1. The average Bonchev–Trinajstić information content (AvgIpc) is 2.48. The van der Waals surface area contributed by atoms with E-state index in [1.165, 1.54) is 45.1 Å². The lowest BCUT2D eigenvalue weighted by Crippen LogP contribution is -3.00.